The smallest absolute Gasteiger partial charge is 0.255 e. The SMILES string of the molecule is CN(C)c1ccc(-c2nc3ccc(C(=O)Nc4ccc(Cl)cc4)cc3[nH]2)cc1.COc1cccc(NC(=O)c2ccc3nc(-c4ccc(N)cc4)[nH]c3c2)c1. The van der Waals surface area contributed by atoms with E-state index in [0.29, 0.717) is 39.0 Å². The van der Waals surface area contributed by atoms with Gasteiger partial charge in [0.2, 0.25) is 0 Å². The van der Waals surface area contributed by atoms with Crippen LogP contribution in [0.15, 0.2) is 133 Å². The molecule has 0 radical (unpaired) electrons. The number of aromatic nitrogens is 4. The van der Waals surface area contributed by atoms with Crippen molar-refractivity contribution in [1.82, 2.24) is 19.9 Å². The van der Waals surface area contributed by atoms with Crippen molar-refractivity contribution in [3.8, 4) is 28.5 Å². The molecule has 0 aliphatic heterocycles. The Morgan fingerprint density at radius 2 is 1.18 bits per heavy atom. The van der Waals surface area contributed by atoms with Gasteiger partial charge in [0.05, 0.1) is 29.2 Å². The molecule has 55 heavy (non-hydrogen) atoms. The number of halogens is 1. The number of hydrogen-bond acceptors (Lipinski definition) is 7. The first-order chi connectivity index (χ1) is 26.6. The van der Waals surface area contributed by atoms with Gasteiger partial charge in [-0.05, 0) is 121 Å². The number of methoxy groups -OCH3 is 1. The van der Waals surface area contributed by atoms with Crippen LogP contribution in [0.1, 0.15) is 20.7 Å². The van der Waals surface area contributed by atoms with Crippen LogP contribution in [-0.2, 0) is 0 Å². The van der Waals surface area contributed by atoms with Crippen LogP contribution in [0.5, 0.6) is 5.75 Å². The van der Waals surface area contributed by atoms with E-state index in [9.17, 15) is 9.59 Å². The van der Waals surface area contributed by atoms with Gasteiger partial charge in [-0.15, -0.1) is 0 Å². The van der Waals surface area contributed by atoms with Gasteiger partial charge >= 0.3 is 0 Å². The molecule has 2 amide bonds. The standard InChI is InChI=1S/C22H19ClN4O.C21H18N4O2/c1-27(2)18-10-3-14(4-11-18)21-25-19-12-5-15(13-20(19)26-21)22(28)24-17-8-6-16(23)7-9-17;1-27-17-4-2-3-16(12-17)23-21(26)14-7-10-18-19(11-14)25-20(24-18)13-5-8-15(22)9-6-13/h3-13H,1-2H3,(H,24,28)(H,25,26);2-12H,22H2,1H3,(H,23,26)(H,24,25). The number of rotatable bonds is 8. The Morgan fingerprint density at radius 1 is 0.655 bits per heavy atom. The highest BCUT2D eigenvalue weighted by Crippen LogP contribution is 2.26. The number of imidazole rings is 2. The summed E-state index contributed by atoms with van der Waals surface area (Å²) in [5.74, 6) is 1.81. The summed E-state index contributed by atoms with van der Waals surface area (Å²) in [4.78, 5) is 42.9. The summed E-state index contributed by atoms with van der Waals surface area (Å²) in [6, 6.07) is 40.7. The van der Waals surface area contributed by atoms with Crippen molar-refractivity contribution in [1.29, 1.82) is 0 Å². The number of carbonyl (C=O) groups excluding carboxylic acids is 2. The molecule has 274 valence electrons. The second kappa shape index (κ2) is 15.9. The lowest BCUT2D eigenvalue weighted by molar-refractivity contribution is 0.101. The van der Waals surface area contributed by atoms with Crippen LogP contribution in [0.2, 0.25) is 5.02 Å². The minimum Gasteiger partial charge on any atom is -0.497 e. The van der Waals surface area contributed by atoms with Gasteiger partial charge in [0, 0.05) is 70.2 Å². The van der Waals surface area contributed by atoms with Crippen molar-refractivity contribution in [3.05, 3.63) is 150 Å². The molecule has 0 saturated carbocycles. The Balaban J connectivity index is 0.000000169. The fraction of sp³-hybridized carbons (Fsp3) is 0.0698. The molecule has 0 aliphatic rings. The molecule has 0 fully saturated rings. The van der Waals surface area contributed by atoms with E-state index in [1.807, 2.05) is 104 Å². The molecule has 8 aromatic rings. The molecule has 2 aromatic heterocycles. The van der Waals surface area contributed by atoms with Gasteiger partial charge in [0.25, 0.3) is 11.8 Å². The lowest BCUT2D eigenvalue weighted by atomic mass is 10.2. The molecule has 6 N–H and O–H groups in total. The Hall–Kier alpha value is -7.11. The number of nitrogens with two attached hydrogens (primary N) is 1. The summed E-state index contributed by atoms with van der Waals surface area (Å²) < 4.78 is 5.18. The number of ether oxygens (including phenoxy) is 1. The van der Waals surface area contributed by atoms with E-state index in [1.165, 1.54) is 0 Å². The number of nitrogens with one attached hydrogen (secondary N) is 4. The Bertz CT molecular complexity index is 2620. The first-order valence-electron chi connectivity index (χ1n) is 17.3. The van der Waals surface area contributed by atoms with E-state index in [1.54, 1.807) is 55.6 Å². The third-order valence-corrected chi connectivity index (χ3v) is 9.01. The maximum Gasteiger partial charge on any atom is 0.255 e. The van der Waals surface area contributed by atoms with Crippen LogP contribution in [0.25, 0.3) is 44.8 Å². The fourth-order valence-electron chi connectivity index (χ4n) is 5.77. The molecule has 8 rings (SSSR count). The minimum absolute atomic E-state index is 0.185. The maximum absolute atomic E-state index is 12.6. The normalized spacial score (nSPS) is 10.8. The van der Waals surface area contributed by atoms with Crippen LogP contribution in [0.3, 0.4) is 0 Å². The number of hydrogen-bond donors (Lipinski definition) is 5. The maximum atomic E-state index is 12.6. The lowest BCUT2D eigenvalue weighted by Gasteiger charge is -2.11. The van der Waals surface area contributed by atoms with Gasteiger partial charge in [0.15, 0.2) is 0 Å². The molecule has 0 saturated heterocycles. The number of fused-ring (bicyclic) bond motifs is 2. The Labute approximate surface area is 322 Å². The zero-order valence-electron chi connectivity index (χ0n) is 30.2. The largest absolute Gasteiger partial charge is 0.497 e. The summed E-state index contributed by atoms with van der Waals surface area (Å²) in [6.07, 6.45) is 0. The number of H-pyrrole nitrogens is 2. The van der Waals surface area contributed by atoms with E-state index in [2.05, 4.69) is 30.6 Å². The second-order valence-electron chi connectivity index (χ2n) is 12.8. The summed E-state index contributed by atoms with van der Waals surface area (Å²) in [7, 11) is 5.60. The molecule has 0 atom stereocenters. The number of anilines is 4. The highest BCUT2D eigenvalue weighted by molar-refractivity contribution is 6.30. The van der Waals surface area contributed by atoms with Crippen LogP contribution in [-0.4, -0.2) is 53.0 Å². The average Bonchev–Trinajstić information content (AvgIpc) is 3.83. The molecule has 0 bridgehead atoms. The van der Waals surface area contributed by atoms with Gasteiger partial charge in [-0.3, -0.25) is 9.59 Å². The molecule has 6 aromatic carbocycles. The van der Waals surface area contributed by atoms with Gasteiger partial charge < -0.3 is 36.0 Å². The third kappa shape index (κ3) is 8.59. The summed E-state index contributed by atoms with van der Waals surface area (Å²) in [5, 5.41) is 6.37. The monoisotopic (exact) mass is 748 g/mol. The van der Waals surface area contributed by atoms with Crippen molar-refractivity contribution in [2.75, 3.05) is 42.5 Å². The predicted molar refractivity (Wildman–Crippen MR) is 222 cm³/mol. The molecule has 0 spiro atoms. The zero-order valence-corrected chi connectivity index (χ0v) is 31.0. The number of nitrogens with zero attached hydrogens (tertiary/aromatic N) is 3. The number of carbonyl (C=O) groups is 2. The second-order valence-corrected chi connectivity index (χ2v) is 13.3. The van der Waals surface area contributed by atoms with Crippen LogP contribution >= 0.6 is 11.6 Å². The Kier molecular flexibility index (Phi) is 10.5. The van der Waals surface area contributed by atoms with Crippen molar-refractivity contribution >= 4 is 68.2 Å². The van der Waals surface area contributed by atoms with Gasteiger partial charge in [-0.2, -0.15) is 0 Å². The average molecular weight is 749 g/mol. The zero-order chi connectivity index (χ0) is 38.5. The predicted octanol–water partition coefficient (Wildman–Crippen LogP) is 9.27. The van der Waals surface area contributed by atoms with Crippen LogP contribution in [0, 0.1) is 0 Å². The molecular weight excluding hydrogens is 712 g/mol. The van der Waals surface area contributed by atoms with Gasteiger partial charge in [0.1, 0.15) is 17.4 Å². The Morgan fingerprint density at radius 3 is 1.71 bits per heavy atom. The topological polar surface area (TPSA) is 154 Å². The van der Waals surface area contributed by atoms with E-state index in [4.69, 9.17) is 22.1 Å². The first kappa shape index (κ1) is 36.3. The number of amides is 2. The van der Waals surface area contributed by atoms with Gasteiger partial charge in [-0.25, -0.2) is 9.97 Å². The molecule has 2 heterocycles. The summed E-state index contributed by atoms with van der Waals surface area (Å²) in [5.41, 5.74) is 15.2. The van der Waals surface area contributed by atoms with Crippen molar-refractivity contribution in [2.45, 2.75) is 0 Å². The summed E-state index contributed by atoms with van der Waals surface area (Å²) >= 11 is 5.88. The van der Waals surface area contributed by atoms with E-state index in [0.717, 1.165) is 50.5 Å². The third-order valence-electron chi connectivity index (χ3n) is 8.76. The number of benzene rings is 6. The number of nitrogen functional groups attached to an aromatic ring is 1. The van der Waals surface area contributed by atoms with E-state index >= 15 is 0 Å². The quantitative estimate of drug-likeness (QED) is 0.0971. The van der Waals surface area contributed by atoms with Gasteiger partial charge in [-0.1, -0.05) is 17.7 Å². The highest BCUT2D eigenvalue weighted by atomic mass is 35.5. The number of aromatic amines is 2. The molecule has 0 unspecified atom stereocenters. The lowest BCUT2D eigenvalue weighted by Crippen LogP contribution is -2.11. The van der Waals surface area contributed by atoms with Crippen LogP contribution in [0.4, 0.5) is 22.7 Å². The molecule has 11 nitrogen and oxygen atoms in total. The van der Waals surface area contributed by atoms with Crippen molar-refractivity contribution in [2.24, 2.45) is 0 Å². The highest BCUT2D eigenvalue weighted by Gasteiger charge is 2.13. The minimum atomic E-state index is -0.200. The molecule has 12 heteroatoms. The van der Waals surface area contributed by atoms with E-state index < -0.39 is 0 Å². The fourth-order valence-corrected chi connectivity index (χ4v) is 5.90. The van der Waals surface area contributed by atoms with Crippen LogP contribution < -0.4 is 26.0 Å². The molecular formula is C43H37ClN8O3. The first-order valence-corrected chi connectivity index (χ1v) is 17.7. The van der Waals surface area contributed by atoms with E-state index in [-0.39, 0.29) is 11.8 Å². The van der Waals surface area contributed by atoms with Crippen molar-refractivity contribution in [3.63, 3.8) is 0 Å². The molecule has 0 aliphatic carbocycles. The van der Waals surface area contributed by atoms with Crippen molar-refractivity contribution < 1.29 is 14.3 Å². The summed E-state index contributed by atoms with van der Waals surface area (Å²) in [6.45, 7) is 0.